The predicted octanol–water partition coefficient (Wildman–Crippen LogP) is 5.57. The molecule has 1 heterocycles. The minimum Gasteiger partial charge on any atom is -0.497 e. The van der Waals surface area contributed by atoms with Crippen LogP contribution in [0.4, 0.5) is 0 Å². The molecule has 314 valence electrons. The second kappa shape index (κ2) is 18.0. The van der Waals surface area contributed by atoms with Crippen LogP contribution in [0.15, 0.2) is 78.9 Å². The monoisotopic (exact) mass is 807 g/mol. The van der Waals surface area contributed by atoms with Crippen molar-refractivity contribution in [2.75, 3.05) is 20.8 Å². The van der Waals surface area contributed by atoms with Crippen LogP contribution in [-0.4, -0.2) is 79.1 Å². The highest BCUT2D eigenvalue weighted by atomic mass is 16.5. The Kier molecular flexibility index (Phi) is 13.1. The van der Waals surface area contributed by atoms with E-state index in [4.69, 9.17) is 19.2 Å². The Morgan fingerprint density at radius 2 is 1.71 bits per heavy atom. The number of esters is 1. The Morgan fingerprint density at radius 1 is 0.983 bits per heavy atom. The second-order valence-corrected chi connectivity index (χ2v) is 16.8. The maximum atomic E-state index is 14.6. The average Bonchev–Trinajstić information content (AvgIpc) is 3.79. The van der Waals surface area contributed by atoms with Crippen molar-refractivity contribution in [3.8, 4) is 22.8 Å². The van der Waals surface area contributed by atoms with Gasteiger partial charge in [0.05, 0.1) is 30.8 Å². The van der Waals surface area contributed by atoms with Crippen molar-refractivity contribution in [3.63, 3.8) is 0 Å². The van der Waals surface area contributed by atoms with E-state index in [0.29, 0.717) is 34.5 Å². The summed E-state index contributed by atoms with van der Waals surface area (Å²) in [5, 5.41) is 12.2. The van der Waals surface area contributed by atoms with Crippen LogP contribution in [0.5, 0.6) is 11.5 Å². The van der Waals surface area contributed by atoms with Gasteiger partial charge in [0.15, 0.2) is 0 Å². The third-order valence-corrected chi connectivity index (χ3v) is 11.8. The molecule has 0 spiro atoms. The first-order valence-corrected chi connectivity index (χ1v) is 20.6. The molecule has 0 unspecified atom stereocenters. The minimum atomic E-state index is -1.30. The lowest BCUT2D eigenvalue weighted by atomic mass is 9.82. The van der Waals surface area contributed by atoms with Crippen molar-refractivity contribution in [1.29, 1.82) is 0 Å². The Hall–Kier alpha value is -5.72. The van der Waals surface area contributed by atoms with Gasteiger partial charge in [-0.3, -0.25) is 19.2 Å². The van der Waals surface area contributed by atoms with Crippen LogP contribution < -0.4 is 30.7 Å². The van der Waals surface area contributed by atoms with Crippen molar-refractivity contribution in [2.24, 2.45) is 23.2 Å². The lowest BCUT2D eigenvalue weighted by Gasteiger charge is -2.35. The van der Waals surface area contributed by atoms with E-state index in [1.54, 1.807) is 39.3 Å². The van der Waals surface area contributed by atoms with Crippen LogP contribution >= 0.6 is 0 Å². The van der Waals surface area contributed by atoms with E-state index in [1.807, 2.05) is 69.3 Å². The molecule has 0 aliphatic heterocycles. The maximum Gasteiger partial charge on any atom is 0.332 e. The number of ether oxygens (including phenoxy) is 3. The van der Waals surface area contributed by atoms with E-state index >= 15 is 0 Å². The van der Waals surface area contributed by atoms with Crippen molar-refractivity contribution in [3.05, 3.63) is 78.9 Å². The first kappa shape index (κ1) is 42.9. The Balaban J connectivity index is 1.34. The number of methoxy groups -OCH3 is 1. The third kappa shape index (κ3) is 9.45. The van der Waals surface area contributed by atoms with Crippen LogP contribution in [-0.2, 0) is 28.7 Å². The summed E-state index contributed by atoms with van der Waals surface area (Å²) in [6.07, 6.45) is 7.45. The van der Waals surface area contributed by atoms with E-state index in [0.717, 1.165) is 37.7 Å². The summed E-state index contributed by atoms with van der Waals surface area (Å²) in [6, 6.07) is 15.1. The standard InChI is InChI=1S/C46H57N5O8/c1-8-29-26-46(29,44(56)58-9-2)51-41(53)34-23-31(59-37-25-35(27-16-12-10-13-17-27)48-36-24-30(57-7)20-21-32(36)37)22-33(34)40(52)50-39(45(3,4)5)43(55)49-38(42(54)47-6)28-18-14-11-15-19-28/h8,10,12-13,16-17,20-22,24-25,28-29,31,34,38-39H,1,9,11,14-15,18-19,23,26H2,2-7H3,(H,47,54)(H,49,55)(H,50,52)(H,51,53)/t29-,31+,34-,38+,39-,46-/m1/s1. The molecule has 0 radical (unpaired) electrons. The fourth-order valence-electron chi connectivity index (χ4n) is 8.34. The third-order valence-electron chi connectivity index (χ3n) is 11.8. The number of benzene rings is 2. The zero-order chi connectivity index (χ0) is 42.5. The number of nitrogens with one attached hydrogen (secondary N) is 4. The van der Waals surface area contributed by atoms with Crippen molar-refractivity contribution in [2.45, 2.75) is 96.4 Å². The van der Waals surface area contributed by atoms with Gasteiger partial charge in [0, 0.05) is 48.0 Å². The molecule has 6 atom stereocenters. The average molecular weight is 808 g/mol. The molecule has 2 fully saturated rings. The number of hydrogen-bond acceptors (Lipinski definition) is 9. The molecule has 3 aliphatic rings. The summed E-state index contributed by atoms with van der Waals surface area (Å²) in [5.41, 5.74) is 0.123. The molecule has 13 nitrogen and oxygen atoms in total. The Morgan fingerprint density at radius 3 is 2.34 bits per heavy atom. The normalized spacial score (nSPS) is 22.5. The maximum absolute atomic E-state index is 14.6. The molecule has 2 aromatic carbocycles. The number of amides is 4. The zero-order valence-electron chi connectivity index (χ0n) is 34.9. The van der Waals surface area contributed by atoms with Crippen molar-refractivity contribution >= 4 is 40.5 Å². The molecule has 4 N–H and O–H groups in total. The lowest BCUT2D eigenvalue weighted by Crippen LogP contribution is -2.59. The number of fused-ring (bicyclic) bond motifs is 1. The summed E-state index contributed by atoms with van der Waals surface area (Å²) in [4.78, 5) is 74.3. The molecule has 1 aromatic heterocycles. The quantitative estimate of drug-likeness (QED) is 0.113. The van der Waals surface area contributed by atoms with Gasteiger partial charge in [-0.1, -0.05) is 76.4 Å². The molecule has 13 heteroatoms. The molecule has 59 heavy (non-hydrogen) atoms. The van der Waals surface area contributed by atoms with Crippen LogP contribution in [0.3, 0.4) is 0 Å². The highest BCUT2D eigenvalue weighted by Crippen LogP contribution is 2.46. The molecular formula is C46H57N5O8. The Labute approximate surface area is 346 Å². The second-order valence-electron chi connectivity index (χ2n) is 16.8. The van der Waals surface area contributed by atoms with Crippen LogP contribution in [0.2, 0.25) is 0 Å². The molecule has 2 saturated carbocycles. The lowest BCUT2D eigenvalue weighted by molar-refractivity contribution is -0.149. The van der Waals surface area contributed by atoms with Gasteiger partial charge in [0.1, 0.15) is 35.2 Å². The van der Waals surface area contributed by atoms with E-state index in [-0.39, 0.29) is 36.3 Å². The molecule has 0 bridgehead atoms. The Bertz CT molecular complexity index is 2110. The van der Waals surface area contributed by atoms with E-state index in [9.17, 15) is 24.0 Å². The van der Waals surface area contributed by atoms with Crippen molar-refractivity contribution in [1.82, 2.24) is 26.3 Å². The number of pyridine rings is 1. The highest BCUT2D eigenvalue weighted by molar-refractivity contribution is 6.04. The van der Waals surface area contributed by atoms with E-state index in [1.165, 1.54) is 0 Å². The van der Waals surface area contributed by atoms with Gasteiger partial charge in [0.2, 0.25) is 23.6 Å². The summed E-state index contributed by atoms with van der Waals surface area (Å²) in [5.74, 6) is -2.91. The zero-order valence-corrected chi connectivity index (χ0v) is 34.9. The van der Waals surface area contributed by atoms with Gasteiger partial charge in [-0.2, -0.15) is 0 Å². The van der Waals surface area contributed by atoms with Gasteiger partial charge in [0.25, 0.3) is 0 Å². The summed E-state index contributed by atoms with van der Waals surface area (Å²) < 4.78 is 17.5. The van der Waals surface area contributed by atoms with Gasteiger partial charge in [-0.25, -0.2) is 9.78 Å². The highest BCUT2D eigenvalue weighted by Gasteiger charge is 2.61. The largest absolute Gasteiger partial charge is 0.497 e. The number of likely N-dealkylation sites (N-methyl/N-ethyl adjacent to an activating group) is 1. The van der Waals surface area contributed by atoms with Gasteiger partial charge >= 0.3 is 5.97 Å². The molecular weight excluding hydrogens is 751 g/mol. The summed E-state index contributed by atoms with van der Waals surface area (Å²) >= 11 is 0. The molecule has 0 saturated heterocycles. The van der Waals surface area contributed by atoms with E-state index in [2.05, 4.69) is 27.8 Å². The number of nitrogens with zero attached hydrogens (tertiary/aromatic N) is 1. The summed E-state index contributed by atoms with van der Waals surface area (Å²) in [6.45, 7) is 11.1. The van der Waals surface area contributed by atoms with Crippen LogP contribution in [0.25, 0.3) is 22.2 Å². The summed E-state index contributed by atoms with van der Waals surface area (Å²) in [7, 11) is 3.12. The number of hydrogen-bond donors (Lipinski definition) is 4. The smallest absolute Gasteiger partial charge is 0.332 e. The van der Waals surface area contributed by atoms with Gasteiger partial charge in [-0.05, 0) is 55.7 Å². The number of aromatic nitrogens is 1. The van der Waals surface area contributed by atoms with Crippen LogP contribution in [0.1, 0.15) is 72.6 Å². The predicted molar refractivity (Wildman–Crippen MR) is 224 cm³/mol. The fourth-order valence-corrected chi connectivity index (χ4v) is 8.34. The number of rotatable bonds is 15. The molecule has 3 aliphatic carbocycles. The fraction of sp³-hybridized carbons (Fsp3) is 0.478. The van der Waals surface area contributed by atoms with E-state index < -0.39 is 58.8 Å². The van der Waals surface area contributed by atoms with Crippen molar-refractivity contribution < 1.29 is 38.2 Å². The first-order valence-electron chi connectivity index (χ1n) is 20.6. The number of carbonyl (C=O) groups excluding carboxylic acids is 5. The molecule has 6 rings (SSSR count). The first-order chi connectivity index (χ1) is 28.2. The molecule has 3 aromatic rings. The van der Waals surface area contributed by atoms with Gasteiger partial charge in [-0.15, -0.1) is 6.58 Å². The van der Waals surface area contributed by atoms with Crippen LogP contribution in [0, 0.1) is 23.2 Å². The topological polar surface area (TPSA) is 174 Å². The SMILES string of the molecule is C=C[C@@H]1C[C@]1(NC(=O)[C@@H]1C[C@@H](Oc2cc(-c3ccccc3)nc3cc(OC)ccc23)C=C1C(=O)N[C@H](C(=O)N[C@H](C(=O)NC)C1CCCCC1)C(C)(C)C)C(=O)OCC. The van der Waals surface area contributed by atoms with Gasteiger partial charge < -0.3 is 35.5 Å². The minimum absolute atomic E-state index is 0.0335. The number of carbonyl (C=O) groups is 5. The molecule has 4 amide bonds.